The summed E-state index contributed by atoms with van der Waals surface area (Å²) in [6.45, 7) is 2.91. The van der Waals surface area contributed by atoms with Gasteiger partial charge in [0.15, 0.2) is 11.5 Å². The molecule has 0 spiro atoms. The highest BCUT2D eigenvalue weighted by molar-refractivity contribution is 5.42. The van der Waals surface area contributed by atoms with Gasteiger partial charge in [-0.1, -0.05) is 6.07 Å². The summed E-state index contributed by atoms with van der Waals surface area (Å²) in [5, 5.41) is 0. The summed E-state index contributed by atoms with van der Waals surface area (Å²) in [6, 6.07) is 5.82. The molecule has 100 valence electrons. The van der Waals surface area contributed by atoms with E-state index < -0.39 is 0 Å². The lowest BCUT2D eigenvalue weighted by Crippen LogP contribution is -2.21. The van der Waals surface area contributed by atoms with Crippen molar-refractivity contribution in [2.24, 2.45) is 11.7 Å². The van der Waals surface area contributed by atoms with E-state index in [4.69, 9.17) is 19.9 Å². The van der Waals surface area contributed by atoms with Crippen molar-refractivity contribution in [2.45, 2.75) is 19.4 Å². The molecule has 4 nitrogen and oxygen atoms in total. The van der Waals surface area contributed by atoms with Gasteiger partial charge in [-0.15, -0.1) is 0 Å². The van der Waals surface area contributed by atoms with Crippen LogP contribution in [0.2, 0.25) is 0 Å². The van der Waals surface area contributed by atoms with Crippen LogP contribution in [0.3, 0.4) is 0 Å². The average molecular weight is 251 g/mol. The number of methoxy groups -OCH3 is 1. The normalized spacial score (nSPS) is 16.6. The van der Waals surface area contributed by atoms with E-state index in [0.29, 0.717) is 19.1 Å². The van der Waals surface area contributed by atoms with Crippen molar-refractivity contribution in [2.75, 3.05) is 26.9 Å². The van der Waals surface area contributed by atoms with Crippen molar-refractivity contribution < 1.29 is 14.2 Å². The molecule has 0 unspecified atom stereocenters. The van der Waals surface area contributed by atoms with Gasteiger partial charge in [0.05, 0.1) is 13.7 Å². The summed E-state index contributed by atoms with van der Waals surface area (Å²) in [4.78, 5) is 0. The highest BCUT2D eigenvalue weighted by Gasteiger charge is 2.15. The quantitative estimate of drug-likeness (QED) is 0.869. The standard InChI is InChI=1S/C14H21NO3/c1-16-13-3-2-12(9-15)8-14(13)18-10-11-4-6-17-7-5-11/h2-3,8,11H,4-7,9-10,15H2,1H3. The molecule has 1 aliphatic rings. The van der Waals surface area contributed by atoms with Crippen LogP contribution in [0.15, 0.2) is 18.2 Å². The number of ether oxygens (including phenoxy) is 3. The predicted molar refractivity (Wildman–Crippen MR) is 69.9 cm³/mol. The van der Waals surface area contributed by atoms with Crippen LogP contribution in [-0.2, 0) is 11.3 Å². The monoisotopic (exact) mass is 251 g/mol. The van der Waals surface area contributed by atoms with Crippen LogP contribution in [0.1, 0.15) is 18.4 Å². The van der Waals surface area contributed by atoms with Crippen LogP contribution in [0.5, 0.6) is 11.5 Å². The first kappa shape index (κ1) is 13.2. The van der Waals surface area contributed by atoms with Crippen LogP contribution in [-0.4, -0.2) is 26.9 Å². The van der Waals surface area contributed by atoms with Gasteiger partial charge in [-0.3, -0.25) is 0 Å². The zero-order valence-electron chi connectivity index (χ0n) is 10.9. The molecule has 1 aromatic rings. The first-order valence-electron chi connectivity index (χ1n) is 6.41. The third kappa shape index (κ3) is 3.37. The Bertz CT molecular complexity index is 375. The van der Waals surface area contributed by atoms with Gasteiger partial charge in [0.25, 0.3) is 0 Å². The summed E-state index contributed by atoms with van der Waals surface area (Å²) in [6.07, 6.45) is 2.14. The fourth-order valence-electron chi connectivity index (χ4n) is 2.08. The van der Waals surface area contributed by atoms with Crippen molar-refractivity contribution in [1.29, 1.82) is 0 Å². The van der Waals surface area contributed by atoms with Crippen molar-refractivity contribution in [3.05, 3.63) is 23.8 Å². The lowest BCUT2D eigenvalue weighted by Gasteiger charge is -2.22. The van der Waals surface area contributed by atoms with Crippen molar-refractivity contribution in [3.63, 3.8) is 0 Å². The Morgan fingerprint density at radius 1 is 1.28 bits per heavy atom. The third-order valence-corrected chi connectivity index (χ3v) is 3.28. The summed E-state index contributed by atoms with van der Waals surface area (Å²) >= 11 is 0. The fourth-order valence-corrected chi connectivity index (χ4v) is 2.08. The highest BCUT2D eigenvalue weighted by atomic mass is 16.5. The van der Waals surface area contributed by atoms with E-state index in [2.05, 4.69) is 0 Å². The molecule has 1 heterocycles. The zero-order valence-corrected chi connectivity index (χ0v) is 10.9. The first-order chi connectivity index (χ1) is 8.83. The maximum absolute atomic E-state index is 5.87. The number of nitrogens with two attached hydrogens (primary N) is 1. The molecular weight excluding hydrogens is 230 g/mol. The summed E-state index contributed by atoms with van der Waals surface area (Å²) < 4.78 is 16.5. The molecule has 0 radical (unpaired) electrons. The molecule has 1 saturated heterocycles. The lowest BCUT2D eigenvalue weighted by atomic mass is 10.0. The number of rotatable bonds is 5. The van der Waals surface area contributed by atoms with Gasteiger partial charge in [-0.05, 0) is 36.5 Å². The largest absolute Gasteiger partial charge is 0.493 e. The van der Waals surface area contributed by atoms with E-state index >= 15 is 0 Å². The third-order valence-electron chi connectivity index (χ3n) is 3.28. The summed E-state index contributed by atoms with van der Waals surface area (Å²) in [7, 11) is 1.65. The molecule has 2 rings (SSSR count). The topological polar surface area (TPSA) is 53.7 Å². The molecule has 0 bridgehead atoms. The van der Waals surface area contributed by atoms with Crippen molar-refractivity contribution in [3.8, 4) is 11.5 Å². The van der Waals surface area contributed by atoms with Crippen LogP contribution in [0.25, 0.3) is 0 Å². The number of benzene rings is 1. The van der Waals surface area contributed by atoms with Crippen LogP contribution < -0.4 is 15.2 Å². The molecule has 1 fully saturated rings. The van der Waals surface area contributed by atoms with E-state index in [0.717, 1.165) is 43.1 Å². The lowest BCUT2D eigenvalue weighted by molar-refractivity contribution is 0.0493. The second-order valence-electron chi connectivity index (χ2n) is 4.56. The Hall–Kier alpha value is -1.26. The molecule has 2 N–H and O–H groups in total. The maximum Gasteiger partial charge on any atom is 0.161 e. The molecule has 0 atom stereocenters. The number of hydrogen-bond donors (Lipinski definition) is 1. The molecular formula is C14H21NO3. The van der Waals surface area contributed by atoms with Gasteiger partial charge >= 0.3 is 0 Å². The molecule has 18 heavy (non-hydrogen) atoms. The molecule has 4 heteroatoms. The van der Waals surface area contributed by atoms with Crippen LogP contribution in [0, 0.1) is 5.92 Å². The highest BCUT2D eigenvalue weighted by Crippen LogP contribution is 2.29. The van der Waals surface area contributed by atoms with E-state index in [9.17, 15) is 0 Å². The smallest absolute Gasteiger partial charge is 0.161 e. The van der Waals surface area contributed by atoms with E-state index in [-0.39, 0.29) is 0 Å². The minimum absolute atomic E-state index is 0.512. The minimum atomic E-state index is 0.512. The first-order valence-corrected chi connectivity index (χ1v) is 6.41. The Balaban J connectivity index is 1.97. The maximum atomic E-state index is 5.87. The Kier molecular flexibility index (Phi) is 4.84. The zero-order chi connectivity index (χ0) is 12.8. The second kappa shape index (κ2) is 6.61. The van der Waals surface area contributed by atoms with Crippen LogP contribution >= 0.6 is 0 Å². The molecule has 0 amide bonds. The fraction of sp³-hybridized carbons (Fsp3) is 0.571. The van der Waals surface area contributed by atoms with Crippen molar-refractivity contribution >= 4 is 0 Å². The van der Waals surface area contributed by atoms with Gasteiger partial charge in [0.1, 0.15) is 0 Å². The Labute approximate surface area is 108 Å². The van der Waals surface area contributed by atoms with Gasteiger partial charge in [-0.2, -0.15) is 0 Å². The van der Waals surface area contributed by atoms with Crippen molar-refractivity contribution in [1.82, 2.24) is 0 Å². The molecule has 1 aromatic carbocycles. The van der Waals surface area contributed by atoms with Gasteiger partial charge < -0.3 is 19.9 Å². The van der Waals surface area contributed by atoms with Gasteiger partial charge in [-0.25, -0.2) is 0 Å². The van der Waals surface area contributed by atoms with E-state index in [1.807, 2.05) is 18.2 Å². The minimum Gasteiger partial charge on any atom is -0.493 e. The molecule has 0 aliphatic carbocycles. The second-order valence-corrected chi connectivity index (χ2v) is 4.56. The summed E-state index contributed by atoms with van der Waals surface area (Å²) in [5.74, 6) is 2.12. The summed E-state index contributed by atoms with van der Waals surface area (Å²) in [5.41, 5.74) is 6.69. The van der Waals surface area contributed by atoms with Crippen LogP contribution in [0.4, 0.5) is 0 Å². The van der Waals surface area contributed by atoms with Gasteiger partial charge in [0, 0.05) is 19.8 Å². The molecule has 0 aromatic heterocycles. The Morgan fingerprint density at radius 2 is 2.06 bits per heavy atom. The van der Waals surface area contributed by atoms with E-state index in [1.165, 1.54) is 0 Å². The number of hydrogen-bond acceptors (Lipinski definition) is 4. The van der Waals surface area contributed by atoms with E-state index in [1.54, 1.807) is 7.11 Å². The molecule has 0 saturated carbocycles. The average Bonchev–Trinajstić information content (AvgIpc) is 2.45. The van der Waals surface area contributed by atoms with Gasteiger partial charge in [0.2, 0.25) is 0 Å². The Morgan fingerprint density at radius 3 is 2.72 bits per heavy atom. The SMILES string of the molecule is COc1ccc(CN)cc1OCC1CCOCC1. The molecule has 1 aliphatic heterocycles. The predicted octanol–water partition coefficient (Wildman–Crippen LogP) is 1.96.